The second kappa shape index (κ2) is 6.15. The van der Waals surface area contributed by atoms with Crippen LogP contribution in [-0.2, 0) is 4.74 Å². The maximum Gasteiger partial charge on any atom is 0.228 e. The lowest BCUT2D eigenvalue weighted by atomic mass is 10.4. The van der Waals surface area contributed by atoms with Crippen molar-refractivity contribution in [2.45, 2.75) is 0 Å². The molecule has 1 aromatic heterocycles. The number of hydrogen-bond acceptors (Lipinski definition) is 6. The van der Waals surface area contributed by atoms with E-state index in [0.29, 0.717) is 5.15 Å². The van der Waals surface area contributed by atoms with Crippen LogP contribution < -0.4 is 9.80 Å². The predicted octanol–water partition coefficient (Wildman–Crippen LogP) is 1.52. The van der Waals surface area contributed by atoms with Gasteiger partial charge in [0, 0.05) is 43.8 Å². The van der Waals surface area contributed by atoms with Crippen molar-refractivity contribution in [3.63, 3.8) is 0 Å². The molecule has 0 aromatic carbocycles. The Morgan fingerprint density at radius 2 is 1.79 bits per heavy atom. The molecule has 0 atom stereocenters. The first-order chi connectivity index (χ1) is 9.33. The fraction of sp³-hybridized carbons (Fsp3) is 0.667. The van der Waals surface area contributed by atoms with Gasteiger partial charge in [0.25, 0.3) is 0 Å². The summed E-state index contributed by atoms with van der Waals surface area (Å²) in [6, 6.07) is 1.86. The van der Waals surface area contributed by atoms with Gasteiger partial charge in [0.15, 0.2) is 0 Å². The summed E-state index contributed by atoms with van der Waals surface area (Å²) in [4.78, 5) is 13.4. The molecule has 2 aliphatic rings. The van der Waals surface area contributed by atoms with Gasteiger partial charge in [-0.3, -0.25) is 0 Å². The number of thioether (sulfide) groups is 1. The zero-order valence-electron chi connectivity index (χ0n) is 10.7. The standard InChI is InChI=1S/C12H17ClN4OS/c13-10-9-11(16-3-7-19-8-4-16)15-12(14-10)17-1-5-18-6-2-17/h9H,1-8H2. The van der Waals surface area contributed by atoms with Crippen molar-refractivity contribution < 1.29 is 4.74 Å². The molecule has 19 heavy (non-hydrogen) atoms. The number of halogens is 1. The lowest BCUT2D eigenvalue weighted by molar-refractivity contribution is 0.122. The Bertz CT molecular complexity index is 399. The van der Waals surface area contributed by atoms with Crippen LogP contribution in [0.1, 0.15) is 0 Å². The summed E-state index contributed by atoms with van der Waals surface area (Å²) in [6.07, 6.45) is 0. The average Bonchev–Trinajstić information content (AvgIpc) is 2.48. The molecule has 0 N–H and O–H groups in total. The Morgan fingerprint density at radius 3 is 2.53 bits per heavy atom. The summed E-state index contributed by atoms with van der Waals surface area (Å²) in [7, 11) is 0. The number of anilines is 2. The van der Waals surface area contributed by atoms with E-state index in [1.54, 1.807) is 0 Å². The molecule has 5 nitrogen and oxygen atoms in total. The van der Waals surface area contributed by atoms with Gasteiger partial charge in [-0.2, -0.15) is 16.7 Å². The molecule has 1 aromatic rings. The number of nitrogens with zero attached hydrogens (tertiary/aromatic N) is 4. The molecule has 2 fully saturated rings. The molecule has 7 heteroatoms. The number of morpholine rings is 1. The van der Waals surface area contributed by atoms with E-state index in [4.69, 9.17) is 16.3 Å². The van der Waals surface area contributed by atoms with E-state index in [-0.39, 0.29) is 0 Å². The topological polar surface area (TPSA) is 41.5 Å². The predicted molar refractivity (Wildman–Crippen MR) is 79.6 cm³/mol. The molecule has 0 aliphatic carbocycles. The molecule has 2 aliphatic heterocycles. The Labute approximate surface area is 122 Å². The lowest BCUT2D eigenvalue weighted by Gasteiger charge is -2.30. The first-order valence-electron chi connectivity index (χ1n) is 6.53. The van der Waals surface area contributed by atoms with Crippen LogP contribution in [0.15, 0.2) is 6.07 Å². The van der Waals surface area contributed by atoms with Gasteiger partial charge in [-0.15, -0.1) is 0 Å². The van der Waals surface area contributed by atoms with Crippen LogP contribution in [0, 0.1) is 0 Å². The zero-order chi connectivity index (χ0) is 13.1. The van der Waals surface area contributed by atoms with Gasteiger partial charge in [-0.1, -0.05) is 11.6 Å². The van der Waals surface area contributed by atoms with Crippen LogP contribution in [-0.4, -0.2) is 60.9 Å². The van der Waals surface area contributed by atoms with Crippen molar-refractivity contribution in [3.8, 4) is 0 Å². The maximum atomic E-state index is 6.15. The summed E-state index contributed by atoms with van der Waals surface area (Å²) in [6.45, 7) is 5.17. The van der Waals surface area contributed by atoms with Gasteiger partial charge in [-0.05, 0) is 0 Å². The van der Waals surface area contributed by atoms with E-state index < -0.39 is 0 Å². The number of aromatic nitrogens is 2. The van der Waals surface area contributed by atoms with E-state index in [1.807, 2.05) is 17.8 Å². The second-order valence-electron chi connectivity index (χ2n) is 4.55. The zero-order valence-corrected chi connectivity index (χ0v) is 12.3. The van der Waals surface area contributed by atoms with Crippen molar-refractivity contribution in [3.05, 3.63) is 11.2 Å². The molecule has 3 heterocycles. The molecule has 0 unspecified atom stereocenters. The summed E-state index contributed by atoms with van der Waals surface area (Å²) < 4.78 is 5.35. The number of hydrogen-bond donors (Lipinski definition) is 0. The van der Waals surface area contributed by atoms with E-state index in [9.17, 15) is 0 Å². The van der Waals surface area contributed by atoms with E-state index in [0.717, 1.165) is 62.7 Å². The van der Waals surface area contributed by atoms with Crippen LogP contribution in [0.25, 0.3) is 0 Å². The van der Waals surface area contributed by atoms with Crippen LogP contribution in [0.2, 0.25) is 5.15 Å². The second-order valence-corrected chi connectivity index (χ2v) is 6.16. The van der Waals surface area contributed by atoms with Crippen molar-refractivity contribution in [2.75, 3.05) is 60.7 Å². The third kappa shape index (κ3) is 3.24. The largest absolute Gasteiger partial charge is 0.378 e. The molecular formula is C12H17ClN4OS. The number of rotatable bonds is 2. The molecule has 0 spiro atoms. The summed E-state index contributed by atoms with van der Waals surface area (Å²) in [5, 5.41) is 0.518. The Balaban J connectivity index is 1.82. The van der Waals surface area contributed by atoms with E-state index >= 15 is 0 Å². The average molecular weight is 301 g/mol. The lowest BCUT2D eigenvalue weighted by Crippen LogP contribution is -2.38. The minimum atomic E-state index is 0.518. The molecule has 0 saturated carbocycles. The molecule has 0 bridgehead atoms. The summed E-state index contributed by atoms with van der Waals surface area (Å²) >= 11 is 8.13. The van der Waals surface area contributed by atoms with Gasteiger partial charge in [0.2, 0.25) is 5.95 Å². The fourth-order valence-corrected chi connectivity index (χ4v) is 3.33. The van der Waals surface area contributed by atoms with Crippen molar-refractivity contribution in [1.82, 2.24) is 9.97 Å². The van der Waals surface area contributed by atoms with E-state index in [2.05, 4.69) is 19.8 Å². The normalized spacial score (nSPS) is 20.7. The summed E-state index contributed by atoms with van der Waals surface area (Å²) in [5.41, 5.74) is 0. The van der Waals surface area contributed by atoms with Crippen LogP contribution in [0.5, 0.6) is 0 Å². The van der Waals surface area contributed by atoms with Gasteiger partial charge in [-0.25, -0.2) is 4.98 Å². The third-order valence-corrected chi connectivity index (χ3v) is 4.43. The monoisotopic (exact) mass is 300 g/mol. The molecule has 0 amide bonds. The molecule has 0 radical (unpaired) electrons. The van der Waals surface area contributed by atoms with Crippen molar-refractivity contribution >= 4 is 35.1 Å². The highest BCUT2D eigenvalue weighted by molar-refractivity contribution is 7.99. The Hall–Kier alpha value is -0.720. The van der Waals surface area contributed by atoms with Gasteiger partial charge in [0.1, 0.15) is 11.0 Å². The highest BCUT2D eigenvalue weighted by atomic mass is 35.5. The molecular weight excluding hydrogens is 284 g/mol. The van der Waals surface area contributed by atoms with Gasteiger partial charge >= 0.3 is 0 Å². The smallest absolute Gasteiger partial charge is 0.228 e. The van der Waals surface area contributed by atoms with Crippen LogP contribution in [0.4, 0.5) is 11.8 Å². The third-order valence-electron chi connectivity index (χ3n) is 3.30. The Kier molecular flexibility index (Phi) is 4.30. The number of ether oxygens (including phenoxy) is 1. The minimum absolute atomic E-state index is 0.518. The summed E-state index contributed by atoms with van der Waals surface area (Å²) in [5.74, 6) is 3.97. The van der Waals surface area contributed by atoms with Crippen LogP contribution >= 0.6 is 23.4 Å². The van der Waals surface area contributed by atoms with E-state index in [1.165, 1.54) is 0 Å². The molecule has 2 saturated heterocycles. The van der Waals surface area contributed by atoms with Gasteiger partial charge < -0.3 is 14.5 Å². The van der Waals surface area contributed by atoms with Crippen molar-refractivity contribution in [2.24, 2.45) is 0 Å². The highest BCUT2D eigenvalue weighted by Gasteiger charge is 2.18. The minimum Gasteiger partial charge on any atom is -0.378 e. The van der Waals surface area contributed by atoms with Crippen LogP contribution in [0.3, 0.4) is 0 Å². The first kappa shape index (κ1) is 13.3. The first-order valence-corrected chi connectivity index (χ1v) is 8.06. The van der Waals surface area contributed by atoms with Gasteiger partial charge in [0.05, 0.1) is 13.2 Å². The van der Waals surface area contributed by atoms with Crippen molar-refractivity contribution in [1.29, 1.82) is 0 Å². The SMILES string of the molecule is Clc1cc(N2CCSCC2)nc(N2CCOCC2)n1. The molecule has 104 valence electrons. The Morgan fingerprint density at radius 1 is 1.05 bits per heavy atom. The quantitative estimate of drug-likeness (QED) is 0.772. The fourth-order valence-electron chi connectivity index (χ4n) is 2.25. The maximum absolute atomic E-state index is 6.15. The molecule has 3 rings (SSSR count). The highest BCUT2D eigenvalue weighted by Crippen LogP contribution is 2.23.